The molecule has 3 N–H and O–H groups in total. The van der Waals surface area contributed by atoms with Gasteiger partial charge in [-0.3, -0.25) is 19.5 Å². The van der Waals surface area contributed by atoms with Gasteiger partial charge >= 0.3 is 0 Å². The average Bonchev–Trinajstić information content (AvgIpc) is 3.37. The molecule has 1 saturated heterocycles. The number of hydrogen-bond donors (Lipinski definition) is 3. The molecule has 7 heteroatoms. The lowest BCUT2D eigenvalue weighted by atomic mass is 10.0. The predicted octanol–water partition coefficient (Wildman–Crippen LogP) is 3.24. The van der Waals surface area contributed by atoms with Gasteiger partial charge in [0.15, 0.2) is 0 Å². The minimum atomic E-state index is -0.250. The molecule has 1 aliphatic heterocycles. The molecule has 1 aliphatic rings. The number of rotatable bonds is 5. The summed E-state index contributed by atoms with van der Waals surface area (Å²) in [6.07, 6.45) is 6.23. The van der Waals surface area contributed by atoms with Crippen molar-refractivity contribution in [2.75, 3.05) is 6.54 Å². The monoisotopic (exact) mass is 394 g/mol. The van der Waals surface area contributed by atoms with E-state index in [1.165, 1.54) is 35.4 Å². The zero-order valence-corrected chi connectivity index (χ0v) is 16.5. The zero-order valence-electron chi connectivity index (χ0n) is 16.5. The molecule has 1 unspecified atom stereocenters. The molecule has 152 valence electrons. The Kier molecular flexibility index (Phi) is 6.97. The summed E-state index contributed by atoms with van der Waals surface area (Å²) in [6.45, 7) is 3.82. The second-order valence-electron chi connectivity index (χ2n) is 7.08. The Morgan fingerprint density at radius 2 is 2.21 bits per heavy atom. The number of hydrogen-bond acceptors (Lipinski definition) is 4. The lowest BCUT2D eigenvalue weighted by molar-refractivity contribution is -0.123. The van der Waals surface area contributed by atoms with E-state index < -0.39 is 0 Å². The molecule has 29 heavy (non-hydrogen) atoms. The quantitative estimate of drug-likeness (QED) is 0.577. The summed E-state index contributed by atoms with van der Waals surface area (Å²) in [5.41, 5.74) is 4.76. The normalized spacial score (nSPS) is 16.2. The molecule has 0 aliphatic carbocycles. The van der Waals surface area contributed by atoms with Crippen LogP contribution >= 0.6 is 0 Å². The Balaban J connectivity index is 0.000000755. The number of amides is 1. The second kappa shape index (κ2) is 9.84. The predicted molar refractivity (Wildman–Crippen MR) is 111 cm³/mol. The number of carbonyl (C=O) groups is 2. The van der Waals surface area contributed by atoms with Crippen LogP contribution in [0.25, 0.3) is 10.9 Å². The minimum Gasteiger partial charge on any atom is -0.483 e. The number of aromatic nitrogens is 2. The molecular formula is C22H26N4O3. The number of pyridine rings is 1. The van der Waals surface area contributed by atoms with Gasteiger partial charge in [-0.25, -0.2) is 0 Å². The van der Waals surface area contributed by atoms with Crippen LogP contribution < -0.4 is 5.32 Å². The summed E-state index contributed by atoms with van der Waals surface area (Å²) < 4.78 is 0. The van der Waals surface area contributed by atoms with Gasteiger partial charge in [-0.2, -0.15) is 0 Å². The van der Waals surface area contributed by atoms with E-state index in [2.05, 4.69) is 56.6 Å². The van der Waals surface area contributed by atoms with Crippen molar-refractivity contribution in [2.45, 2.75) is 38.9 Å². The van der Waals surface area contributed by atoms with Gasteiger partial charge in [-0.15, -0.1) is 0 Å². The van der Waals surface area contributed by atoms with Gasteiger partial charge in [0.2, 0.25) is 5.91 Å². The molecule has 3 heterocycles. The van der Waals surface area contributed by atoms with Crippen molar-refractivity contribution in [3.8, 4) is 0 Å². The number of carboxylic acid groups (broad SMARTS) is 1. The van der Waals surface area contributed by atoms with E-state index in [0.29, 0.717) is 12.6 Å². The highest BCUT2D eigenvalue weighted by molar-refractivity contribution is 5.82. The SMILES string of the molecule is CC(=O)NCc1cc(C2CCCN2Cc2cccc3[nH]ccc23)ccn1.O=CO. The molecule has 4 rings (SSSR count). The lowest BCUT2D eigenvalue weighted by Crippen LogP contribution is -2.23. The first-order valence-corrected chi connectivity index (χ1v) is 9.68. The maximum absolute atomic E-state index is 11.1. The number of nitrogens with one attached hydrogen (secondary N) is 2. The first-order valence-electron chi connectivity index (χ1n) is 9.68. The van der Waals surface area contributed by atoms with Gasteiger partial charge in [0.25, 0.3) is 6.47 Å². The summed E-state index contributed by atoms with van der Waals surface area (Å²) in [5, 5.41) is 11.0. The smallest absolute Gasteiger partial charge is 0.290 e. The van der Waals surface area contributed by atoms with Crippen LogP contribution in [-0.2, 0) is 22.7 Å². The van der Waals surface area contributed by atoms with Crippen molar-refractivity contribution >= 4 is 23.3 Å². The van der Waals surface area contributed by atoms with E-state index in [1.54, 1.807) is 0 Å². The first-order chi connectivity index (χ1) is 14.1. The van der Waals surface area contributed by atoms with E-state index >= 15 is 0 Å². The Morgan fingerprint density at radius 3 is 3.00 bits per heavy atom. The topological polar surface area (TPSA) is 98.3 Å². The summed E-state index contributed by atoms with van der Waals surface area (Å²) in [7, 11) is 0. The summed E-state index contributed by atoms with van der Waals surface area (Å²) in [4.78, 5) is 29.8. The fraction of sp³-hybridized carbons (Fsp3) is 0.318. The molecule has 7 nitrogen and oxygen atoms in total. The fourth-order valence-corrected chi connectivity index (χ4v) is 3.92. The molecule has 1 atom stereocenters. The Hall–Kier alpha value is -3.19. The van der Waals surface area contributed by atoms with Gasteiger partial charge in [-0.1, -0.05) is 12.1 Å². The number of H-pyrrole nitrogens is 1. The average molecular weight is 394 g/mol. The molecule has 0 bridgehead atoms. The van der Waals surface area contributed by atoms with Crippen LogP contribution in [0.4, 0.5) is 0 Å². The Morgan fingerprint density at radius 1 is 1.38 bits per heavy atom. The summed E-state index contributed by atoms with van der Waals surface area (Å²) >= 11 is 0. The third kappa shape index (κ3) is 5.20. The maximum atomic E-state index is 11.1. The minimum absolute atomic E-state index is 0.0284. The van der Waals surface area contributed by atoms with Crippen molar-refractivity contribution in [2.24, 2.45) is 0 Å². The largest absolute Gasteiger partial charge is 0.483 e. The number of fused-ring (bicyclic) bond motifs is 1. The third-order valence-electron chi connectivity index (χ3n) is 5.17. The molecule has 1 amide bonds. The summed E-state index contributed by atoms with van der Waals surface area (Å²) in [5.74, 6) is -0.0284. The standard InChI is InChI=1S/C21H24N4O.CH2O2/c1-15(26)24-13-18-12-16(7-9-22-18)21-6-3-11-25(21)14-17-4-2-5-20-19(17)8-10-23-20;2-1-3/h2,4-5,7-10,12,21,23H,3,6,11,13-14H2,1H3,(H,24,26);1H,(H,2,3). The van der Waals surface area contributed by atoms with E-state index in [1.807, 2.05) is 12.4 Å². The van der Waals surface area contributed by atoms with Crippen molar-refractivity contribution in [1.29, 1.82) is 0 Å². The van der Waals surface area contributed by atoms with Crippen molar-refractivity contribution in [1.82, 2.24) is 20.2 Å². The van der Waals surface area contributed by atoms with Crippen LogP contribution in [0.1, 0.15) is 42.6 Å². The van der Waals surface area contributed by atoms with Crippen molar-refractivity contribution in [3.63, 3.8) is 0 Å². The highest BCUT2D eigenvalue weighted by Gasteiger charge is 2.26. The number of carbonyl (C=O) groups excluding carboxylic acids is 1. The highest BCUT2D eigenvalue weighted by Crippen LogP contribution is 2.34. The number of aromatic amines is 1. The van der Waals surface area contributed by atoms with Gasteiger partial charge in [0, 0.05) is 42.8 Å². The zero-order chi connectivity index (χ0) is 20.6. The van der Waals surface area contributed by atoms with E-state index in [0.717, 1.165) is 25.2 Å². The summed E-state index contributed by atoms with van der Waals surface area (Å²) in [6, 6.07) is 13.3. The van der Waals surface area contributed by atoms with Gasteiger partial charge in [0.1, 0.15) is 0 Å². The van der Waals surface area contributed by atoms with Crippen LogP contribution in [-0.4, -0.2) is 38.9 Å². The van der Waals surface area contributed by atoms with Crippen LogP contribution in [0.15, 0.2) is 48.8 Å². The highest BCUT2D eigenvalue weighted by atomic mass is 16.3. The van der Waals surface area contributed by atoms with Crippen molar-refractivity contribution < 1.29 is 14.7 Å². The van der Waals surface area contributed by atoms with Gasteiger partial charge in [0.05, 0.1) is 12.2 Å². The molecule has 0 spiro atoms. The van der Waals surface area contributed by atoms with E-state index in [-0.39, 0.29) is 12.4 Å². The number of benzene rings is 1. The Bertz CT molecular complexity index is 969. The molecule has 1 fully saturated rings. The molecule has 0 saturated carbocycles. The number of nitrogens with zero attached hydrogens (tertiary/aromatic N) is 2. The molecule has 0 radical (unpaired) electrons. The van der Waals surface area contributed by atoms with Crippen LogP contribution in [0.3, 0.4) is 0 Å². The van der Waals surface area contributed by atoms with Gasteiger partial charge < -0.3 is 15.4 Å². The molecule has 3 aromatic rings. The third-order valence-corrected chi connectivity index (χ3v) is 5.17. The van der Waals surface area contributed by atoms with Gasteiger partial charge in [-0.05, 0) is 54.8 Å². The molecule has 1 aromatic carbocycles. The van der Waals surface area contributed by atoms with Crippen LogP contribution in [0, 0.1) is 0 Å². The second-order valence-corrected chi connectivity index (χ2v) is 7.08. The number of likely N-dealkylation sites (tertiary alicyclic amines) is 1. The van der Waals surface area contributed by atoms with E-state index in [4.69, 9.17) is 9.90 Å². The fourth-order valence-electron chi connectivity index (χ4n) is 3.92. The molecular weight excluding hydrogens is 368 g/mol. The maximum Gasteiger partial charge on any atom is 0.290 e. The van der Waals surface area contributed by atoms with Crippen LogP contribution in [0.5, 0.6) is 0 Å². The first kappa shape index (κ1) is 20.5. The van der Waals surface area contributed by atoms with E-state index in [9.17, 15) is 4.79 Å². The lowest BCUT2D eigenvalue weighted by Gasteiger charge is -2.25. The Labute approximate surface area is 169 Å². The van der Waals surface area contributed by atoms with Crippen LogP contribution in [0.2, 0.25) is 0 Å². The molecule has 2 aromatic heterocycles. The van der Waals surface area contributed by atoms with Crippen molar-refractivity contribution in [3.05, 3.63) is 65.6 Å².